The number of carbonyl (C=O) groups excluding carboxylic acids is 1. The minimum atomic E-state index is -0.582. The van der Waals surface area contributed by atoms with Gasteiger partial charge in [0, 0.05) is 17.0 Å². The highest BCUT2D eigenvalue weighted by Gasteiger charge is 2.25. The standard InChI is InChI=1S/C17H15ClFNO3/c18-11-3-1-10(2-4-11)15(9-21)20-17(22)13-5-6-14(19)12-7-8-23-16(12)13/h1-6,15,21H,7-9H2,(H,20,22)/t15-/m0/s1. The zero-order valence-electron chi connectivity index (χ0n) is 12.2. The number of nitrogens with one attached hydrogen (secondary N) is 1. The van der Waals surface area contributed by atoms with Crippen LogP contribution in [0.25, 0.3) is 0 Å². The van der Waals surface area contributed by atoms with Gasteiger partial charge in [0.15, 0.2) is 0 Å². The van der Waals surface area contributed by atoms with E-state index in [0.29, 0.717) is 23.6 Å². The van der Waals surface area contributed by atoms with Gasteiger partial charge in [0.05, 0.1) is 24.8 Å². The average Bonchev–Trinajstić information content (AvgIpc) is 3.04. The summed E-state index contributed by atoms with van der Waals surface area (Å²) < 4.78 is 19.1. The van der Waals surface area contributed by atoms with E-state index in [4.69, 9.17) is 16.3 Å². The molecule has 0 saturated carbocycles. The van der Waals surface area contributed by atoms with Gasteiger partial charge in [0.2, 0.25) is 0 Å². The van der Waals surface area contributed by atoms with Crippen molar-refractivity contribution in [3.05, 3.63) is 63.9 Å². The second-order valence-corrected chi connectivity index (χ2v) is 5.70. The summed E-state index contributed by atoms with van der Waals surface area (Å²) in [6.45, 7) is 0.0920. The fourth-order valence-electron chi connectivity index (χ4n) is 2.60. The molecule has 0 fully saturated rings. The Labute approximate surface area is 137 Å². The van der Waals surface area contributed by atoms with E-state index in [1.54, 1.807) is 24.3 Å². The van der Waals surface area contributed by atoms with Crippen molar-refractivity contribution in [1.82, 2.24) is 5.32 Å². The normalized spacial score (nSPS) is 14.0. The van der Waals surface area contributed by atoms with Crippen molar-refractivity contribution in [3.8, 4) is 5.75 Å². The van der Waals surface area contributed by atoms with Crippen molar-refractivity contribution in [2.75, 3.05) is 13.2 Å². The summed E-state index contributed by atoms with van der Waals surface area (Å²) in [6, 6.07) is 8.91. The van der Waals surface area contributed by atoms with Crippen molar-refractivity contribution in [2.45, 2.75) is 12.5 Å². The second kappa shape index (κ2) is 6.56. The van der Waals surface area contributed by atoms with Crippen LogP contribution >= 0.6 is 11.6 Å². The molecule has 0 bridgehead atoms. The molecule has 1 amide bonds. The first-order valence-electron chi connectivity index (χ1n) is 7.21. The number of aliphatic hydroxyl groups is 1. The quantitative estimate of drug-likeness (QED) is 0.903. The Hall–Kier alpha value is -2.11. The molecule has 1 heterocycles. The SMILES string of the molecule is O=C(N[C@@H](CO)c1ccc(Cl)cc1)c1ccc(F)c2c1OCC2. The van der Waals surface area contributed by atoms with Crippen molar-refractivity contribution in [3.63, 3.8) is 0 Å². The summed E-state index contributed by atoms with van der Waals surface area (Å²) in [5.74, 6) is -0.502. The van der Waals surface area contributed by atoms with E-state index in [-0.39, 0.29) is 23.7 Å². The predicted octanol–water partition coefficient (Wildman–Crippen LogP) is 2.88. The Morgan fingerprint density at radius 2 is 2.04 bits per heavy atom. The average molecular weight is 336 g/mol. The maximum Gasteiger partial charge on any atom is 0.255 e. The maximum absolute atomic E-state index is 13.7. The first-order valence-corrected chi connectivity index (χ1v) is 7.59. The number of amides is 1. The van der Waals surface area contributed by atoms with Gasteiger partial charge in [0.25, 0.3) is 5.91 Å². The molecule has 2 aromatic rings. The lowest BCUT2D eigenvalue weighted by atomic mass is 10.0. The Balaban J connectivity index is 1.83. The molecule has 0 saturated heterocycles. The van der Waals surface area contributed by atoms with E-state index in [0.717, 1.165) is 5.56 Å². The maximum atomic E-state index is 13.7. The number of fused-ring (bicyclic) bond motifs is 1. The molecule has 120 valence electrons. The highest BCUT2D eigenvalue weighted by atomic mass is 35.5. The molecular formula is C17H15ClFNO3. The molecule has 3 rings (SSSR count). The summed E-state index contributed by atoms with van der Waals surface area (Å²) >= 11 is 5.84. The van der Waals surface area contributed by atoms with Gasteiger partial charge >= 0.3 is 0 Å². The van der Waals surface area contributed by atoms with Crippen LogP contribution in [0.2, 0.25) is 5.02 Å². The van der Waals surface area contributed by atoms with Crippen LogP contribution < -0.4 is 10.1 Å². The summed E-state index contributed by atoms with van der Waals surface area (Å²) in [5, 5.41) is 12.8. The first-order chi connectivity index (χ1) is 11.1. The van der Waals surface area contributed by atoms with Gasteiger partial charge in [-0.2, -0.15) is 0 Å². The van der Waals surface area contributed by atoms with Gasteiger partial charge in [-0.25, -0.2) is 4.39 Å². The van der Waals surface area contributed by atoms with Crippen molar-refractivity contribution < 1.29 is 19.0 Å². The number of benzene rings is 2. The first kappa shape index (κ1) is 15.8. The zero-order valence-corrected chi connectivity index (χ0v) is 12.9. The van der Waals surface area contributed by atoms with Crippen LogP contribution in [0.3, 0.4) is 0 Å². The van der Waals surface area contributed by atoms with Gasteiger partial charge in [-0.1, -0.05) is 23.7 Å². The molecule has 0 aromatic heterocycles. The lowest BCUT2D eigenvalue weighted by molar-refractivity contribution is 0.0913. The monoisotopic (exact) mass is 335 g/mol. The van der Waals surface area contributed by atoms with Gasteiger partial charge < -0.3 is 15.2 Å². The van der Waals surface area contributed by atoms with Crippen LogP contribution in [-0.2, 0) is 6.42 Å². The molecule has 23 heavy (non-hydrogen) atoms. The number of hydrogen-bond acceptors (Lipinski definition) is 3. The Morgan fingerprint density at radius 1 is 1.30 bits per heavy atom. The van der Waals surface area contributed by atoms with Crippen molar-refractivity contribution in [1.29, 1.82) is 0 Å². The van der Waals surface area contributed by atoms with E-state index in [9.17, 15) is 14.3 Å². The van der Waals surface area contributed by atoms with Gasteiger partial charge in [-0.05, 0) is 29.8 Å². The molecule has 4 nitrogen and oxygen atoms in total. The fraction of sp³-hybridized carbons (Fsp3) is 0.235. The number of hydrogen-bond donors (Lipinski definition) is 2. The molecule has 0 radical (unpaired) electrons. The van der Waals surface area contributed by atoms with E-state index in [2.05, 4.69) is 5.32 Å². The van der Waals surface area contributed by atoms with Gasteiger partial charge in [-0.3, -0.25) is 4.79 Å². The molecule has 0 aliphatic carbocycles. The summed E-state index contributed by atoms with van der Waals surface area (Å²) in [7, 11) is 0. The summed E-state index contributed by atoms with van der Waals surface area (Å²) in [6.07, 6.45) is 0.447. The molecule has 0 spiro atoms. The molecule has 1 aliphatic heterocycles. The number of rotatable bonds is 4. The van der Waals surface area contributed by atoms with Crippen LogP contribution in [0.4, 0.5) is 4.39 Å². The second-order valence-electron chi connectivity index (χ2n) is 5.26. The lowest BCUT2D eigenvalue weighted by Crippen LogP contribution is -2.31. The molecule has 1 atom stereocenters. The molecule has 6 heteroatoms. The van der Waals surface area contributed by atoms with Crippen LogP contribution in [-0.4, -0.2) is 24.2 Å². The molecule has 1 aliphatic rings. The molecule has 2 aromatic carbocycles. The highest BCUT2D eigenvalue weighted by molar-refractivity contribution is 6.30. The van der Waals surface area contributed by atoms with E-state index in [1.807, 2.05) is 0 Å². The van der Waals surface area contributed by atoms with Crippen molar-refractivity contribution in [2.24, 2.45) is 0 Å². The highest BCUT2D eigenvalue weighted by Crippen LogP contribution is 2.32. The van der Waals surface area contributed by atoms with Gasteiger partial charge in [-0.15, -0.1) is 0 Å². The Bertz CT molecular complexity index is 733. The van der Waals surface area contributed by atoms with E-state index in [1.165, 1.54) is 12.1 Å². The Morgan fingerprint density at radius 3 is 2.74 bits per heavy atom. The largest absolute Gasteiger partial charge is 0.492 e. The lowest BCUT2D eigenvalue weighted by Gasteiger charge is -2.18. The molecule has 2 N–H and O–H groups in total. The van der Waals surface area contributed by atoms with E-state index >= 15 is 0 Å². The van der Waals surface area contributed by atoms with Crippen LogP contribution in [0.1, 0.15) is 27.5 Å². The van der Waals surface area contributed by atoms with Crippen LogP contribution in [0.5, 0.6) is 5.75 Å². The zero-order chi connectivity index (χ0) is 16.4. The topological polar surface area (TPSA) is 58.6 Å². The summed E-state index contributed by atoms with van der Waals surface area (Å²) in [4.78, 5) is 12.5. The number of halogens is 2. The smallest absolute Gasteiger partial charge is 0.255 e. The summed E-state index contributed by atoms with van der Waals surface area (Å²) in [5.41, 5.74) is 1.42. The third kappa shape index (κ3) is 3.16. The third-order valence-corrected chi connectivity index (χ3v) is 4.06. The fourth-order valence-corrected chi connectivity index (χ4v) is 2.73. The van der Waals surface area contributed by atoms with Crippen molar-refractivity contribution >= 4 is 17.5 Å². The van der Waals surface area contributed by atoms with Crippen LogP contribution in [0.15, 0.2) is 36.4 Å². The molecular weight excluding hydrogens is 321 g/mol. The number of aliphatic hydroxyl groups excluding tert-OH is 1. The van der Waals surface area contributed by atoms with E-state index < -0.39 is 11.9 Å². The minimum Gasteiger partial charge on any atom is -0.492 e. The van der Waals surface area contributed by atoms with Gasteiger partial charge in [0.1, 0.15) is 11.6 Å². The minimum absolute atomic E-state index is 0.266. The predicted molar refractivity (Wildman–Crippen MR) is 84.3 cm³/mol. The Kier molecular flexibility index (Phi) is 4.50. The molecule has 0 unspecified atom stereocenters. The number of carbonyl (C=O) groups is 1. The van der Waals surface area contributed by atoms with Crippen LogP contribution in [0, 0.1) is 5.82 Å². The third-order valence-electron chi connectivity index (χ3n) is 3.81. The number of ether oxygens (including phenoxy) is 1.